The van der Waals surface area contributed by atoms with Gasteiger partial charge in [0.15, 0.2) is 0 Å². The molecule has 0 bridgehead atoms. The van der Waals surface area contributed by atoms with Gasteiger partial charge in [-0.2, -0.15) is 0 Å². The van der Waals surface area contributed by atoms with Gasteiger partial charge in [0.05, 0.1) is 40.4 Å². The van der Waals surface area contributed by atoms with Crippen molar-refractivity contribution in [2.45, 2.75) is 76.6 Å². The second kappa shape index (κ2) is 15.7. The summed E-state index contributed by atoms with van der Waals surface area (Å²) >= 11 is 0. The van der Waals surface area contributed by atoms with Crippen molar-refractivity contribution in [3.63, 3.8) is 0 Å². The first kappa shape index (κ1) is 34.4. The normalized spacial score (nSPS) is 20.4. The van der Waals surface area contributed by atoms with Crippen LogP contribution in [0.4, 0.5) is 5.69 Å². The Kier molecular flexibility index (Phi) is 12.0. The van der Waals surface area contributed by atoms with Crippen molar-refractivity contribution in [3.8, 4) is 5.75 Å². The lowest BCUT2D eigenvalue weighted by Crippen LogP contribution is -2.51. The number of nitrogens with one attached hydrogen (secondary N) is 1. The van der Waals surface area contributed by atoms with Gasteiger partial charge in [-0.3, -0.25) is 9.59 Å². The Morgan fingerprint density at radius 2 is 1.69 bits per heavy atom. The van der Waals surface area contributed by atoms with Gasteiger partial charge >= 0.3 is 0 Å². The van der Waals surface area contributed by atoms with Gasteiger partial charge < -0.3 is 29.9 Å². The summed E-state index contributed by atoms with van der Waals surface area (Å²) in [6, 6.07) is 25.9. The second-order valence-electron chi connectivity index (χ2n) is 12.7. The first-order valence-corrected chi connectivity index (χ1v) is 18.9. The summed E-state index contributed by atoms with van der Waals surface area (Å²) in [5.74, 6) is 0.571. The summed E-state index contributed by atoms with van der Waals surface area (Å²) in [6.07, 6.45) is 0.385. The second-order valence-corrected chi connectivity index (χ2v) is 17.4. The molecule has 0 spiro atoms. The molecule has 1 heterocycles. The van der Waals surface area contributed by atoms with Crippen LogP contribution in [0.15, 0.2) is 78.9 Å². The van der Waals surface area contributed by atoms with Crippen LogP contribution in [0.5, 0.6) is 5.75 Å². The lowest BCUT2D eigenvalue weighted by Gasteiger charge is -2.36. The Labute approximate surface area is 268 Å². The fourth-order valence-corrected chi connectivity index (χ4v) is 10.8. The van der Waals surface area contributed by atoms with Crippen molar-refractivity contribution in [2.75, 3.05) is 25.6 Å². The highest BCUT2D eigenvalue weighted by molar-refractivity contribution is 6.91. The number of amides is 2. The van der Waals surface area contributed by atoms with Crippen molar-refractivity contribution in [1.29, 1.82) is 0 Å². The van der Waals surface area contributed by atoms with Crippen LogP contribution in [0.3, 0.4) is 0 Å². The molecule has 1 aliphatic heterocycles. The average molecular weight is 633 g/mol. The van der Waals surface area contributed by atoms with Crippen LogP contribution in [-0.2, 0) is 27.3 Å². The fraction of sp³-hybridized carbons (Fsp3) is 0.444. The SMILES string of the molecule is COc1ccc([Si](C)(C)[C@H]2[C@H](C)[C@H](CCc3cccc(NC(=O)[C@H](C)O)c3)O[C@@H]2CC(=O)N(CCO)Cc2ccccc2)cc1. The van der Waals surface area contributed by atoms with Crippen LogP contribution in [0.1, 0.15) is 37.8 Å². The number of anilines is 1. The number of rotatable bonds is 14. The number of ether oxygens (including phenoxy) is 2. The number of aliphatic hydroxyl groups is 2. The zero-order chi connectivity index (χ0) is 32.6. The number of carbonyl (C=O) groups is 2. The molecule has 0 aromatic heterocycles. The minimum Gasteiger partial charge on any atom is -0.497 e. The zero-order valence-corrected chi connectivity index (χ0v) is 28.1. The van der Waals surface area contributed by atoms with Gasteiger partial charge in [-0.05, 0) is 66.6 Å². The van der Waals surface area contributed by atoms with Crippen molar-refractivity contribution in [1.82, 2.24) is 4.90 Å². The quantitative estimate of drug-likeness (QED) is 0.222. The Balaban J connectivity index is 1.55. The number of benzene rings is 3. The zero-order valence-electron chi connectivity index (χ0n) is 27.1. The van der Waals surface area contributed by atoms with Crippen LogP contribution in [-0.4, -0.2) is 73.6 Å². The molecule has 1 fully saturated rings. The summed E-state index contributed by atoms with van der Waals surface area (Å²) < 4.78 is 12.3. The Hall–Kier alpha value is -3.50. The molecule has 2 amide bonds. The molecule has 0 unspecified atom stereocenters. The minimum atomic E-state index is -2.16. The van der Waals surface area contributed by atoms with Crippen LogP contribution >= 0.6 is 0 Å². The van der Waals surface area contributed by atoms with Crippen LogP contribution in [0, 0.1) is 5.92 Å². The van der Waals surface area contributed by atoms with E-state index in [1.54, 1.807) is 12.0 Å². The molecule has 242 valence electrons. The molecule has 0 saturated carbocycles. The van der Waals surface area contributed by atoms with Crippen LogP contribution < -0.4 is 15.2 Å². The predicted octanol–water partition coefficient (Wildman–Crippen LogP) is 4.75. The topological polar surface area (TPSA) is 108 Å². The van der Waals surface area contributed by atoms with E-state index in [4.69, 9.17) is 9.47 Å². The van der Waals surface area contributed by atoms with Gasteiger partial charge in [0.1, 0.15) is 11.9 Å². The lowest BCUT2D eigenvalue weighted by atomic mass is 9.95. The van der Waals surface area contributed by atoms with E-state index in [9.17, 15) is 19.8 Å². The summed E-state index contributed by atoms with van der Waals surface area (Å²) in [5, 5.41) is 23.4. The molecular weight excluding hydrogens is 584 g/mol. The van der Waals surface area contributed by atoms with Crippen molar-refractivity contribution in [3.05, 3.63) is 90.0 Å². The first-order valence-electron chi connectivity index (χ1n) is 15.8. The van der Waals surface area contributed by atoms with E-state index in [1.807, 2.05) is 66.7 Å². The van der Waals surface area contributed by atoms with E-state index in [1.165, 1.54) is 12.1 Å². The van der Waals surface area contributed by atoms with Gasteiger partial charge in [0.2, 0.25) is 5.91 Å². The van der Waals surface area contributed by atoms with Crippen LogP contribution in [0.25, 0.3) is 0 Å². The molecule has 0 radical (unpaired) electrons. The van der Waals surface area contributed by atoms with Gasteiger partial charge in [0.25, 0.3) is 5.91 Å². The smallest absolute Gasteiger partial charge is 0.252 e. The summed E-state index contributed by atoms with van der Waals surface area (Å²) in [4.78, 5) is 27.6. The minimum absolute atomic E-state index is 0.0168. The highest BCUT2D eigenvalue weighted by Gasteiger charge is 2.51. The van der Waals surface area contributed by atoms with E-state index in [0.29, 0.717) is 12.2 Å². The van der Waals surface area contributed by atoms with Crippen molar-refractivity contribution < 1.29 is 29.3 Å². The third kappa shape index (κ3) is 8.82. The summed E-state index contributed by atoms with van der Waals surface area (Å²) in [5.41, 5.74) is 2.92. The lowest BCUT2D eigenvalue weighted by molar-refractivity contribution is -0.135. The number of hydrogen-bond donors (Lipinski definition) is 3. The molecule has 9 heteroatoms. The monoisotopic (exact) mass is 632 g/mol. The Bertz CT molecular complexity index is 1400. The Morgan fingerprint density at radius 3 is 2.33 bits per heavy atom. The van der Waals surface area contributed by atoms with E-state index < -0.39 is 20.1 Å². The molecule has 5 atom stereocenters. The third-order valence-electron chi connectivity index (χ3n) is 9.18. The molecule has 3 aromatic carbocycles. The number of aliphatic hydroxyl groups excluding tert-OH is 2. The maximum Gasteiger partial charge on any atom is 0.252 e. The third-order valence-corrected chi connectivity index (χ3v) is 13.6. The van der Waals surface area contributed by atoms with Gasteiger partial charge in [-0.25, -0.2) is 0 Å². The first-order chi connectivity index (χ1) is 21.5. The maximum absolute atomic E-state index is 13.8. The number of nitrogens with zero attached hydrogens (tertiary/aromatic N) is 1. The number of methoxy groups -OCH3 is 1. The molecule has 45 heavy (non-hydrogen) atoms. The van der Waals surface area contributed by atoms with Gasteiger partial charge in [0, 0.05) is 18.8 Å². The molecule has 4 rings (SSSR count). The number of aryl methyl sites for hydroxylation is 1. The average Bonchev–Trinajstić information content (AvgIpc) is 3.35. The molecule has 8 nitrogen and oxygen atoms in total. The van der Waals surface area contributed by atoms with E-state index in [0.717, 1.165) is 29.7 Å². The maximum atomic E-state index is 13.8. The highest BCUT2D eigenvalue weighted by Crippen LogP contribution is 2.46. The van der Waals surface area contributed by atoms with Crippen molar-refractivity contribution >= 4 is 30.8 Å². The van der Waals surface area contributed by atoms with Gasteiger partial charge in [-0.15, -0.1) is 0 Å². The molecule has 0 aliphatic carbocycles. The number of hydrogen-bond acceptors (Lipinski definition) is 6. The van der Waals surface area contributed by atoms with E-state index >= 15 is 0 Å². The standard InChI is InChI=1S/C36H48N2O6Si/c1-25-32(19-14-27-12-9-13-29(22-27)37-36(42)26(2)40)44-33(35(25)45(4,5)31-17-15-30(43-3)16-18-31)23-34(41)38(20-21-39)24-28-10-7-6-8-11-28/h6-13,15-18,22,25-26,32-33,35,39-40H,14,19-21,23-24H2,1-5H3,(H,37,42)/t25-,26+,32+,33-,35+/m1/s1. The Morgan fingerprint density at radius 1 is 1.00 bits per heavy atom. The molecule has 1 aliphatic rings. The summed E-state index contributed by atoms with van der Waals surface area (Å²) in [6.45, 7) is 9.04. The number of carbonyl (C=O) groups excluding carboxylic acids is 2. The molecule has 3 aromatic rings. The van der Waals surface area contributed by atoms with E-state index in [2.05, 4.69) is 37.5 Å². The molecule has 3 N–H and O–H groups in total. The summed E-state index contributed by atoms with van der Waals surface area (Å²) in [7, 11) is -0.495. The molecular formula is C36H48N2O6Si. The van der Waals surface area contributed by atoms with E-state index in [-0.39, 0.29) is 49.1 Å². The largest absolute Gasteiger partial charge is 0.497 e. The van der Waals surface area contributed by atoms with Crippen molar-refractivity contribution in [2.24, 2.45) is 5.92 Å². The van der Waals surface area contributed by atoms with Crippen LogP contribution in [0.2, 0.25) is 18.6 Å². The highest BCUT2D eigenvalue weighted by atomic mass is 28.3. The predicted molar refractivity (Wildman–Crippen MR) is 180 cm³/mol. The molecule has 1 saturated heterocycles. The van der Waals surface area contributed by atoms with Gasteiger partial charge in [-0.1, -0.05) is 79.8 Å². The fourth-order valence-electron chi connectivity index (χ4n) is 6.72.